The van der Waals surface area contributed by atoms with Crippen LogP contribution in [0.5, 0.6) is 0 Å². The SMILES string of the molecule is Cn1nc(C(F)F)cc1S(=O)(=O)C(C)(F)C1CCN(C(=O)Nc2ccon2)CC1. The largest absolute Gasteiger partial charge is 0.363 e. The van der Waals surface area contributed by atoms with Gasteiger partial charge in [-0.1, -0.05) is 5.16 Å². The maximum absolute atomic E-state index is 15.5. The average molecular weight is 435 g/mol. The predicted molar refractivity (Wildman–Crippen MR) is 94.7 cm³/mol. The van der Waals surface area contributed by atoms with Gasteiger partial charge in [0.1, 0.15) is 12.0 Å². The number of piperidine rings is 1. The number of nitrogens with one attached hydrogen (secondary N) is 1. The molecule has 0 saturated carbocycles. The summed E-state index contributed by atoms with van der Waals surface area (Å²) >= 11 is 0. The summed E-state index contributed by atoms with van der Waals surface area (Å²) in [4.78, 5) is 13.6. The number of carbonyl (C=O) groups excluding carboxylic acids is 1. The molecule has 9 nitrogen and oxygen atoms in total. The lowest BCUT2D eigenvalue weighted by Gasteiger charge is -2.37. The number of aryl methyl sites for hydroxylation is 1. The van der Waals surface area contributed by atoms with Crippen molar-refractivity contribution >= 4 is 21.7 Å². The third kappa shape index (κ3) is 3.95. The number of sulfone groups is 1. The second kappa shape index (κ2) is 7.69. The lowest BCUT2D eigenvalue weighted by molar-refractivity contribution is 0.117. The molecule has 3 heterocycles. The van der Waals surface area contributed by atoms with E-state index >= 15 is 4.39 Å². The topological polar surface area (TPSA) is 110 Å². The van der Waals surface area contributed by atoms with Gasteiger partial charge in [-0.05, 0) is 19.8 Å². The van der Waals surface area contributed by atoms with Crippen molar-refractivity contribution in [2.45, 2.75) is 36.2 Å². The van der Waals surface area contributed by atoms with Crippen LogP contribution in [0.15, 0.2) is 27.9 Å². The minimum Gasteiger partial charge on any atom is -0.363 e. The van der Waals surface area contributed by atoms with Gasteiger partial charge in [-0.25, -0.2) is 26.4 Å². The molecule has 2 amide bonds. The number of carbonyl (C=O) groups is 1. The minimum atomic E-state index is -4.60. The third-order valence-electron chi connectivity index (χ3n) is 5.06. The Morgan fingerprint density at radius 2 is 2.03 bits per heavy atom. The van der Waals surface area contributed by atoms with Crippen molar-refractivity contribution in [1.29, 1.82) is 0 Å². The summed E-state index contributed by atoms with van der Waals surface area (Å²) in [5, 5.41) is 6.20. The molecule has 2 aromatic heterocycles. The second-order valence-electron chi connectivity index (χ2n) is 6.90. The van der Waals surface area contributed by atoms with E-state index in [1.807, 2.05) is 0 Å². The van der Waals surface area contributed by atoms with Crippen LogP contribution in [-0.4, -0.2) is 52.4 Å². The number of amides is 2. The highest BCUT2D eigenvalue weighted by molar-refractivity contribution is 7.92. The Labute approximate surface area is 164 Å². The van der Waals surface area contributed by atoms with Gasteiger partial charge in [0, 0.05) is 38.2 Å². The molecule has 13 heteroatoms. The van der Waals surface area contributed by atoms with E-state index in [1.54, 1.807) is 0 Å². The standard InChI is InChI=1S/C16H20F3N5O4S/c1-16(19,29(26,27)13-9-11(14(17)18)21-23(13)2)10-3-6-24(7-4-10)15(25)20-12-5-8-28-22-12/h5,8-10,14H,3-4,6-7H2,1-2H3,(H,20,22,25). The lowest BCUT2D eigenvalue weighted by Crippen LogP contribution is -2.48. The van der Waals surface area contributed by atoms with Crippen molar-refractivity contribution in [3.05, 3.63) is 24.1 Å². The van der Waals surface area contributed by atoms with Gasteiger partial charge < -0.3 is 9.42 Å². The summed E-state index contributed by atoms with van der Waals surface area (Å²) in [6.07, 6.45) is -1.52. The van der Waals surface area contributed by atoms with Gasteiger partial charge in [-0.2, -0.15) is 5.10 Å². The molecule has 0 aliphatic carbocycles. The molecule has 160 valence electrons. The van der Waals surface area contributed by atoms with Crippen LogP contribution < -0.4 is 5.32 Å². The minimum absolute atomic E-state index is 0.0814. The fraction of sp³-hybridized carbons (Fsp3) is 0.562. The van der Waals surface area contributed by atoms with Gasteiger partial charge in [-0.3, -0.25) is 10.00 Å². The highest BCUT2D eigenvalue weighted by Crippen LogP contribution is 2.40. The van der Waals surface area contributed by atoms with Crippen LogP contribution in [0.2, 0.25) is 0 Å². The molecular weight excluding hydrogens is 415 g/mol. The van der Waals surface area contributed by atoms with Gasteiger partial charge in [0.2, 0.25) is 14.8 Å². The molecule has 1 unspecified atom stereocenters. The van der Waals surface area contributed by atoms with E-state index in [2.05, 4.69) is 20.1 Å². The molecule has 0 radical (unpaired) electrons. The number of rotatable bonds is 5. The Balaban J connectivity index is 1.71. The molecule has 0 spiro atoms. The average Bonchev–Trinajstić information content (AvgIpc) is 3.31. The zero-order chi connectivity index (χ0) is 21.4. The highest BCUT2D eigenvalue weighted by atomic mass is 32.2. The summed E-state index contributed by atoms with van der Waals surface area (Å²) in [5.41, 5.74) is -0.735. The maximum atomic E-state index is 15.5. The number of hydrogen-bond acceptors (Lipinski definition) is 6. The lowest BCUT2D eigenvalue weighted by atomic mass is 9.92. The number of likely N-dealkylation sites (tertiary alicyclic amines) is 1. The highest BCUT2D eigenvalue weighted by Gasteiger charge is 2.50. The Morgan fingerprint density at radius 1 is 1.38 bits per heavy atom. The zero-order valence-electron chi connectivity index (χ0n) is 15.7. The molecule has 1 saturated heterocycles. The van der Waals surface area contributed by atoms with Gasteiger partial charge in [0.05, 0.1) is 0 Å². The van der Waals surface area contributed by atoms with Gasteiger partial charge >= 0.3 is 6.03 Å². The normalized spacial score (nSPS) is 18.1. The number of alkyl halides is 3. The van der Waals surface area contributed by atoms with Gasteiger partial charge in [0.25, 0.3) is 6.43 Å². The number of hydrogen-bond donors (Lipinski definition) is 1. The molecule has 29 heavy (non-hydrogen) atoms. The van der Waals surface area contributed by atoms with Crippen LogP contribution in [0.4, 0.5) is 23.8 Å². The van der Waals surface area contributed by atoms with Crippen LogP contribution in [0.25, 0.3) is 0 Å². The Kier molecular flexibility index (Phi) is 5.61. The van der Waals surface area contributed by atoms with Crippen molar-refractivity contribution < 1.29 is 30.9 Å². The van der Waals surface area contributed by atoms with E-state index < -0.39 is 43.9 Å². The smallest absolute Gasteiger partial charge is 0.323 e. The van der Waals surface area contributed by atoms with Crippen LogP contribution in [-0.2, 0) is 16.9 Å². The van der Waals surface area contributed by atoms with E-state index in [4.69, 9.17) is 0 Å². The van der Waals surface area contributed by atoms with Crippen LogP contribution in [0.1, 0.15) is 31.9 Å². The van der Waals surface area contributed by atoms with Crippen molar-refractivity contribution in [2.24, 2.45) is 13.0 Å². The van der Waals surface area contributed by atoms with E-state index in [-0.39, 0.29) is 31.7 Å². The van der Waals surface area contributed by atoms with Crippen molar-refractivity contribution in [3.63, 3.8) is 0 Å². The quantitative estimate of drug-likeness (QED) is 0.773. The molecule has 1 aliphatic rings. The summed E-state index contributed by atoms with van der Waals surface area (Å²) in [6.45, 7) is 1.17. The first kappa shape index (κ1) is 21.1. The first-order valence-corrected chi connectivity index (χ1v) is 10.2. The molecule has 2 aromatic rings. The summed E-state index contributed by atoms with van der Waals surface area (Å²) in [7, 11) is -3.43. The number of urea groups is 1. The predicted octanol–water partition coefficient (Wildman–Crippen LogP) is 2.75. The molecule has 3 rings (SSSR count). The first-order valence-electron chi connectivity index (χ1n) is 8.76. The first-order chi connectivity index (χ1) is 13.5. The Hall–Kier alpha value is -2.57. The number of halogens is 3. The van der Waals surface area contributed by atoms with E-state index in [9.17, 15) is 22.0 Å². The number of nitrogens with zero attached hydrogens (tertiary/aromatic N) is 4. The molecule has 1 N–H and O–H groups in total. The van der Waals surface area contributed by atoms with Crippen LogP contribution >= 0.6 is 0 Å². The summed E-state index contributed by atoms with van der Waals surface area (Å²) in [6, 6.07) is 1.68. The third-order valence-corrected chi connectivity index (χ3v) is 7.38. The Morgan fingerprint density at radius 3 is 2.55 bits per heavy atom. The van der Waals surface area contributed by atoms with Crippen LogP contribution in [0.3, 0.4) is 0 Å². The number of anilines is 1. The van der Waals surface area contributed by atoms with E-state index in [1.165, 1.54) is 24.3 Å². The summed E-state index contributed by atoms with van der Waals surface area (Å²) in [5.74, 6) is -0.699. The Bertz CT molecular complexity index is 967. The van der Waals surface area contributed by atoms with Gasteiger partial charge in [0.15, 0.2) is 10.8 Å². The molecule has 0 aromatic carbocycles. The van der Waals surface area contributed by atoms with Crippen molar-refractivity contribution in [1.82, 2.24) is 19.8 Å². The maximum Gasteiger partial charge on any atom is 0.323 e. The molecule has 1 aliphatic heterocycles. The second-order valence-corrected chi connectivity index (χ2v) is 9.12. The summed E-state index contributed by atoms with van der Waals surface area (Å²) < 4.78 is 72.2. The zero-order valence-corrected chi connectivity index (χ0v) is 16.5. The van der Waals surface area contributed by atoms with E-state index in [0.29, 0.717) is 6.07 Å². The molecule has 0 bridgehead atoms. The molecule has 1 atom stereocenters. The van der Waals surface area contributed by atoms with Crippen molar-refractivity contribution in [3.8, 4) is 0 Å². The van der Waals surface area contributed by atoms with Gasteiger partial charge in [-0.15, -0.1) is 0 Å². The molecule has 1 fully saturated rings. The molecular formula is C16H20F3N5O4S. The van der Waals surface area contributed by atoms with E-state index in [0.717, 1.165) is 11.6 Å². The van der Waals surface area contributed by atoms with Crippen LogP contribution in [0, 0.1) is 5.92 Å². The fourth-order valence-corrected chi connectivity index (χ4v) is 5.07. The van der Waals surface area contributed by atoms with Crippen molar-refractivity contribution in [2.75, 3.05) is 18.4 Å². The fourth-order valence-electron chi connectivity index (χ4n) is 3.32. The monoisotopic (exact) mass is 435 g/mol. The number of aromatic nitrogens is 3.